The first-order valence-electron chi connectivity index (χ1n) is 10.1. The lowest BCUT2D eigenvalue weighted by Gasteiger charge is -2.40. The maximum absolute atomic E-state index is 14.2. The molecule has 0 saturated heterocycles. The molecule has 1 heterocycles. The van der Waals surface area contributed by atoms with Gasteiger partial charge in [-0.25, -0.2) is 4.39 Å². The van der Waals surface area contributed by atoms with Gasteiger partial charge < -0.3 is 14.8 Å². The number of H-pyrrole nitrogens is 1. The second kappa shape index (κ2) is 8.58. The SMILES string of the molecule is CCC(C)(CC(O)(Cc1cc2cc(C=O)ccc2[nH]1)C(F)(F)F)c1cc(F)ccc1OC. The van der Waals surface area contributed by atoms with E-state index in [1.54, 1.807) is 32.0 Å². The maximum atomic E-state index is 14.2. The van der Waals surface area contributed by atoms with Crippen molar-refractivity contribution >= 4 is 17.2 Å². The molecule has 0 aliphatic carbocycles. The van der Waals surface area contributed by atoms with Crippen LogP contribution in [0.1, 0.15) is 48.3 Å². The average molecular weight is 451 g/mol. The number of fused-ring (bicyclic) bond motifs is 1. The van der Waals surface area contributed by atoms with Crippen molar-refractivity contribution in [1.82, 2.24) is 4.98 Å². The predicted octanol–water partition coefficient (Wildman–Crippen LogP) is 5.72. The van der Waals surface area contributed by atoms with Gasteiger partial charge in [0.25, 0.3) is 0 Å². The molecule has 172 valence electrons. The molecular formula is C24H25F4NO3. The standard InChI is InChI=1S/C24H25F4NO3/c1-4-22(2,19-11-17(25)6-8-21(19)32-3)14-23(31,24(26,27)28)12-18-10-16-9-15(13-30)5-7-20(16)29-18/h5-11,13,29,31H,4,12,14H2,1-3H3. The van der Waals surface area contributed by atoms with Gasteiger partial charge in [-0.2, -0.15) is 13.2 Å². The smallest absolute Gasteiger partial charge is 0.417 e. The molecule has 32 heavy (non-hydrogen) atoms. The number of rotatable bonds is 8. The van der Waals surface area contributed by atoms with Crippen LogP contribution in [-0.4, -0.2) is 35.3 Å². The molecule has 2 unspecified atom stereocenters. The Labute approximate surface area is 183 Å². The Morgan fingerprint density at radius 2 is 1.84 bits per heavy atom. The average Bonchev–Trinajstić information content (AvgIpc) is 3.13. The van der Waals surface area contributed by atoms with Gasteiger partial charge >= 0.3 is 6.18 Å². The fourth-order valence-corrected chi connectivity index (χ4v) is 4.17. The van der Waals surface area contributed by atoms with Crippen LogP contribution in [0.2, 0.25) is 0 Å². The molecule has 3 aromatic rings. The van der Waals surface area contributed by atoms with E-state index >= 15 is 0 Å². The van der Waals surface area contributed by atoms with Gasteiger partial charge in [0.05, 0.1) is 7.11 Å². The Bertz CT molecular complexity index is 1120. The number of hydrogen-bond acceptors (Lipinski definition) is 3. The third-order valence-corrected chi connectivity index (χ3v) is 6.12. The summed E-state index contributed by atoms with van der Waals surface area (Å²) in [5, 5.41) is 11.5. The van der Waals surface area contributed by atoms with E-state index in [1.165, 1.54) is 25.3 Å². The Morgan fingerprint density at radius 1 is 1.12 bits per heavy atom. The number of aliphatic hydroxyl groups is 1. The summed E-state index contributed by atoms with van der Waals surface area (Å²) < 4.78 is 61.8. The molecule has 0 spiro atoms. The van der Waals surface area contributed by atoms with E-state index in [4.69, 9.17) is 4.74 Å². The monoisotopic (exact) mass is 451 g/mol. The van der Waals surface area contributed by atoms with Crippen LogP contribution in [0, 0.1) is 5.82 Å². The Kier molecular flexibility index (Phi) is 6.38. The highest BCUT2D eigenvalue weighted by atomic mass is 19.4. The van der Waals surface area contributed by atoms with Crippen LogP contribution in [0.5, 0.6) is 5.75 Å². The predicted molar refractivity (Wildman–Crippen MR) is 114 cm³/mol. The van der Waals surface area contributed by atoms with E-state index in [0.29, 0.717) is 22.8 Å². The number of aromatic amines is 1. The number of aldehydes is 1. The van der Waals surface area contributed by atoms with Crippen LogP contribution in [-0.2, 0) is 11.8 Å². The molecule has 4 nitrogen and oxygen atoms in total. The summed E-state index contributed by atoms with van der Waals surface area (Å²) in [5.74, 6) is -0.343. The van der Waals surface area contributed by atoms with E-state index < -0.39 is 35.9 Å². The number of alkyl halides is 3. The largest absolute Gasteiger partial charge is 0.496 e. The summed E-state index contributed by atoms with van der Waals surface area (Å²) in [7, 11) is 1.36. The third-order valence-electron chi connectivity index (χ3n) is 6.12. The molecule has 0 amide bonds. The number of nitrogens with one attached hydrogen (secondary N) is 1. The molecule has 1 aromatic heterocycles. The highest BCUT2D eigenvalue weighted by Crippen LogP contribution is 2.46. The second-order valence-electron chi connectivity index (χ2n) is 8.40. The number of benzene rings is 2. The van der Waals surface area contributed by atoms with Gasteiger partial charge in [-0.3, -0.25) is 4.79 Å². The second-order valence-corrected chi connectivity index (χ2v) is 8.40. The zero-order chi connectivity index (χ0) is 23.7. The van der Waals surface area contributed by atoms with Crippen molar-refractivity contribution < 1.29 is 32.2 Å². The Morgan fingerprint density at radius 3 is 2.44 bits per heavy atom. The molecule has 2 aromatic carbocycles. The van der Waals surface area contributed by atoms with Crippen LogP contribution in [0.25, 0.3) is 10.9 Å². The lowest BCUT2D eigenvalue weighted by atomic mass is 9.70. The molecule has 0 radical (unpaired) electrons. The first-order chi connectivity index (χ1) is 14.9. The molecule has 0 aliphatic rings. The fourth-order valence-electron chi connectivity index (χ4n) is 4.17. The lowest BCUT2D eigenvalue weighted by Crippen LogP contribution is -2.51. The summed E-state index contributed by atoms with van der Waals surface area (Å²) >= 11 is 0. The van der Waals surface area contributed by atoms with Crippen molar-refractivity contribution in [2.75, 3.05) is 7.11 Å². The summed E-state index contributed by atoms with van der Waals surface area (Å²) in [5.41, 5.74) is -2.94. The van der Waals surface area contributed by atoms with E-state index in [9.17, 15) is 27.5 Å². The van der Waals surface area contributed by atoms with Crippen molar-refractivity contribution in [2.24, 2.45) is 0 Å². The molecule has 8 heteroatoms. The number of halogens is 4. The van der Waals surface area contributed by atoms with Crippen LogP contribution in [0.15, 0.2) is 42.5 Å². The Hall–Kier alpha value is -2.87. The normalized spacial score (nSPS) is 15.9. The van der Waals surface area contributed by atoms with Gasteiger partial charge in [0.2, 0.25) is 0 Å². The van der Waals surface area contributed by atoms with Crippen LogP contribution in [0.4, 0.5) is 17.6 Å². The summed E-state index contributed by atoms with van der Waals surface area (Å²) in [4.78, 5) is 13.9. The van der Waals surface area contributed by atoms with Gasteiger partial charge in [-0.15, -0.1) is 0 Å². The zero-order valence-corrected chi connectivity index (χ0v) is 18.0. The van der Waals surface area contributed by atoms with Gasteiger partial charge in [-0.1, -0.05) is 13.8 Å². The van der Waals surface area contributed by atoms with Gasteiger partial charge in [0.15, 0.2) is 5.60 Å². The zero-order valence-electron chi connectivity index (χ0n) is 18.0. The van der Waals surface area contributed by atoms with Crippen molar-refractivity contribution in [3.05, 3.63) is 65.1 Å². The van der Waals surface area contributed by atoms with Crippen molar-refractivity contribution in [3.63, 3.8) is 0 Å². The molecule has 0 aliphatic heterocycles. The highest BCUT2D eigenvalue weighted by molar-refractivity contribution is 5.87. The van der Waals surface area contributed by atoms with E-state index in [1.807, 2.05) is 0 Å². The third kappa shape index (κ3) is 4.50. The minimum Gasteiger partial charge on any atom is -0.496 e. The summed E-state index contributed by atoms with van der Waals surface area (Å²) in [6.45, 7) is 3.24. The van der Waals surface area contributed by atoms with E-state index in [2.05, 4.69) is 4.98 Å². The van der Waals surface area contributed by atoms with Crippen LogP contribution < -0.4 is 4.74 Å². The highest BCUT2D eigenvalue weighted by Gasteiger charge is 2.56. The molecule has 0 bridgehead atoms. The fraction of sp³-hybridized carbons (Fsp3) is 0.375. The molecule has 0 fully saturated rings. The number of ether oxygens (including phenoxy) is 1. The van der Waals surface area contributed by atoms with E-state index in [0.717, 1.165) is 6.07 Å². The number of hydrogen-bond donors (Lipinski definition) is 2. The number of carbonyl (C=O) groups is 1. The molecule has 2 atom stereocenters. The first-order valence-corrected chi connectivity index (χ1v) is 10.1. The van der Waals surface area contributed by atoms with Crippen molar-refractivity contribution in [3.8, 4) is 5.75 Å². The summed E-state index contributed by atoms with van der Waals surface area (Å²) in [6.07, 6.45) is -5.52. The van der Waals surface area contributed by atoms with Gasteiger partial charge in [-0.05, 0) is 60.7 Å². The van der Waals surface area contributed by atoms with Gasteiger partial charge in [0.1, 0.15) is 17.9 Å². The number of carbonyl (C=O) groups excluding carboxylic acids is 1. The van der Waals surface area contributed by atoms with Gasteiger partial charge in [0, 0.05) is 34.1 Å². The van der Waals surface area contributed by atoms with Crippen LogP contribution >= 0.6 is 0 Å². The molecule has 2 N–H and O–H groups in total. The van der Waals surface area contributed by atoms with Crippen LogP contribution in [0.3, 0.4) is 0 Å². The number of aromatic nitrogens is 1. The van der Waals surface area contributed by atoms with E-state index in [-0.39, 0.29) is 23.4 Å². The molecular weight excluding hydrogens is 426 g/mol. The quantitative estimate of drug-likeness (QED) is 0.340. The molecule has 3 rings (SSSR count). The molecule has 0 saturated carbocycles. The minimum absolute atomic E-state index is 0.174. The lowest BCUT2D eigenvalue weighted by molar-refractivity contribution is -0.267. The Balaban J connectivity index is 2.03. The van der Waals surface area contributed by atoms with Crippen molar-refractivity contribution in [2.45, 2.75) is 50.3 Å². The topological polar surface area (TPSA) is 62.3 Å². The first kappa shape index (κ1) is 23.8. The summed E-state index contributed by atoms with van der Waals surface area (Å²) in [6, 6.07) is 9.90. The number of methoxy groups -OCH3 is 1. The minimum atomic E-state index is -4.95. The maximum Gasteiger partial charge on any atom is 0.417 e. The van der Waals surface area contributed by atoms with Crippen molar-refractivity contribution in [1.29, 1.82) is 0 Å².